The van der Waals surface area contributed by atoms with E-state index in [-0.39, 0.29) is 28.7 Å². The minimum Gasteiger partial charge on any atom is -0.489 e. The number of piperidine rings is 1. The molecular formula is C34H45N7O5S2. The molecule has 2 aliphatic heterocycles. The molecule has 0 saturated carbocycles. The van der Waals surface area contributed by atoms with Crippen molar-refractivity contribution in [3.8, 4) is 5.75 Å². The van der Waals surface area contributed by atoms with Crippen LogP contribution < -0.4 is 15.4 Å². The molecule has 2 fully saturated rings. The molecule has 4 heterocycles. The predicted molar refractivity (Wildman–Crippen MR) is 189 cm³/mol. The second-order valence-electron chi connectivity index (χ2n) is 13.5. The third kappa shape index (κ3) is 7.01. The molecule has 14 heteroatoms. The van der Waals surface area contributed by atoms with Crippen LogP contribution in [0.5, 0.6) is 5.75 Å². The number of nitrogens with zero attached hydrogens (tertiary/aromatic N) is 4. The molecule has 12 nitrogen and oxygen atoms in total. The maximum atomic E-state index is 13.2. The molecule has 0 spiro atoms. The summed E-state index contributed by atoms with van der Waals surface area (Å²) >= 11 is 0. The number of aromatic amines is 1. The fraction of sp³-hybridized carbons (Fsp3) is 0.500. The number of aryl methyl sites for hydroxylation is 2. The minimum absolute atomic E-state index is 0.0821. The summed E-state index contributed by atoms with van der Waals surface area (Å²) < 4.78 is 56.8. The zero-order chi connectivity index (χ0) is 34.4. The largest absolute Gasteiger partial charge is 0.489 e. The van der Waals surface area contributed by atoms with E-state index in [4.69, 9.17) is 9.72 Å². The maximum Gasteiger partial charge on any atom is 0.231 e. The monoisotopic (exact) mass is 695 g/mol. The fourth-order valence-corrected chi connectivity index (χ4v) is 9.73. The summed E-state index contributed by atoms with van der Waals surface area (Å²) in [5.41, 5.74) is 4.63. The summed E-state index contributed by atoms with van der Waals surface area (Å²) in [7, 11) is -6.49. The lowest BCUT2D eigenvalue weighted by atomic mass is 9.86. The summed E-state index contributed by atoms with van der Waals surface area (Å²) in [6.45, 7) is 13.0. The lowest BCUT2D eigenvalue weighted by molar-refractivity contribution is 0.164. The van der Waals surface area contributed by atoms with Crippen LogP contribution in [-0.4, -0.2) is 83.9 Å². The third-order valence-electron chi connectivity index (χ3n) is 9.33. The number of benzene rings is 2. The number of hydrogen-bond donors (Lipinski definition) is 3. The Hall–Kier alpha value is -3.75. The average Bonchev–Trinajstić information content (AvgIpc) is 3.59. The number of aromatic nitrogens is 4. The van der Waals surface area contributed by atoms with E-state index in [0.717, 1.165) is 43.6 Å². The number of sulfone groups is 2. The van der Waals surface area contributed by atoms with Gasteiger partial charge in [-0.15, -0.1) is 0 Å². The van der Waals surface area contributed by atoms with Crippen molar-refractivity contribution in [2.45, 2.75) is 89.0 Å². The van der Waals surface area contributed by atoms with Crippen molar-refractivity contribution < 1.29 is 21.6 Å². The summed E-state index contributed by atoms with van der Waals surface area (Å²) in [6, 6.07) is 11.1. The quantitative estimate of drug-likeness (QED) is 0.184. The Kier molecular flexibility index (Phi) is 9.44. The average molecular weight is 696 g/mol. The second kappa shape index (κ2) is 13.3. The van der Waals surface area contributed by atoms with Crippen LogP contribution in [0.2, 0.25) is 0 Å². The molecule has 258 valence electrons. The van der Waals surface area contributed by atoms with Crippen LogP contribution in [0.1, 0.15) is 69.7 Å². The van der Waals surface area contributed by atoms with Gasteiger partial charge in [0.05, 0.1) is 44.5 Å². The predicted octanol–water partition coefficient (Wildman–Crippen LogP) is 5.79. The van der Waals surface area contributed by atoms with Gasteiger partial charge in [0.2, 0.25) is 5.95 Å². The van der Waals surface area contributed by atoms with Crippen LogP contribution in [0.25, 0.3) is 11.0 Å². The summed E-state index contributed by atoms with van der Waals surface area (Å²) in [4.78, 5) is 12.1. The van der Waals surface area contributed by atoms with E-state index in [1.54, 1.807) is 38.1 Å². The van der Waals surface area contributed by atoms with Gasteiger partial charge < -0.3 is 15.4 Å². The number of para-hydroxylation sites is 1. The highest BCUT2D eigenvalue weighted by atomic mass is 32.2. The number of ether oxygens (including phenoxy) is 1. The third-order valence-corrected chi connectivity index (χ3v) is 13.3. The van der Waals surface area contributed by atoms with Gasteiger partial charge in [0.1, 0.15) is 11.6 Å². The first-order valence-electron chi connectivity index (χ1n) is 16.6. The number of rotatable bonds is 10. The van der Waals surface area contributed by atoms with E-state index < -0.39 is 24.9 Å². The van der Waals surface area contributed by atoms with Gasteiger partial charge in [-0.1, -0.05) is 12.1 Å². The van der Waals surface area contributed by atoms with Gasteiger partial charge in [-0.3, -0.25) is 10.00 Å². The fourth-order valence-electron chi connectivity index (χ4n) is 6.77. The maximum absolute atomic E-state index is 13.2. The number of hydrogen-bond acceptors (Lipinski definition) is 11. The van der Waals surface area contributed by atoms with Crippen molar-refractivity contribution >= 4 is 53.8 Å². The molecule has 2 saturated heterocycles. The highest BCUT2D eigenvalue weighted by Gasteiger charge is 2.35. The molecular weight excluding hydrogens is 651 g/mol. The Morgan fingerprint density at radius 1 is 0.979 bits per heavy atom. The molecule has 1 atom stereocenters. The van der Waals surface area contributed by atoms with Crippen molar-refractivity contribution in [3.05, 3.63) is 53.2 Å². The van der Waals surface area contributed by atoms with Crippen molar-refractivity contribution in [1.82, 2.24) is 25.1 Å². The zero-order valence-corrected chi connectivity index (χ0v) is 30.0. The van der Waals surface area contributed by atoms with Crippen molar-refractivity contribution in [3.63, 3.8) is 0 Å². The van der Waals surface area contributed by atoms with Crippen LogP contribution in [0.4, 0.5) is 23.1 Å². The molecule has 2 aromatic heterocycles. The molecule has 0 bridgehead atoms. The molecule has 0 unspecified atom stereocenters. The number of likely N-dealkylation sites (tertiary alicyclic amines) is 1. The molecule has 2 aliphatic rings. The molecule has 0 radical (unpaired) electrons. The highest BCUT2D eigenvalue weighted by Crippen LogP contribution is 2.39. The van der Waals surface area contributed by atoms with Gasteiger partial charge >= 0.3 is 0 Å². The van der Waals surface area contributed by atoms with Crippen molar-refractivity contribution in [2.75, 3.05) is 35.2 Å². The second-order valence-corrected chi connectivity index (χ2v) is 18.2. The number of nitrogens with one attached hydrogen (secondary N) is 3. The normalized spacial score (nSPS) is 19.0. The standard InChI is InChI=1S/C34H45N7O5S2/c1-20(2)46-29-18-26(24-11-14-41(15-12-24)25-13-16-47(42,43)19-25)22(5)17-28(29)36-34-37-32(31-23(6)39-40-33(31)38-34)35-27-9-7-8-10-30(27)48(44,45)21(3)4/h7-10,17-18,20-21,24-25H,11-16,19H2,1-6H3,(H3,35,36,37,38,39,40)/t25-/m1/s1. The van der Waals surface area contributed by atoms with Gasteiger partial charge in [-0.05, 0) is 115 Å². The first-order valence-corrected chi connectivity index (χ1v) is 19.9. The molecule has 3 N–H and O–H groups in total. The van der Waals surface area contributed by atoms with Crippen LogP contribution >= 0.6 is 0 Å². The van der Waals surface area contributed by atoms with Crippen LogP contribution in [-0.2, 0) is 19.7 Å². The first-order chi connectivity index (χ1) is 22.7. The van der Waals surface area contributed by atoms with Gasteiger partial charge in [-0.2, -0.15) is 15.1 Å². The number of anilines is 4. The van der Waals surface area contributed by atoms with Crippen LogP contribution in [0.3, 0.4) is 0 Å². The molecule has 0 aliphatic carbocycles. The van der Waals surface area contributed by atoms with E-state index >= 15 is 0 Å². The zero-order valence-electron chi connectivity index (χ0n) is 28.4. The van der Waals surface area contributed by atoms with Gasteiger partial charge in [0, 0.05) is 11.7 Å². The number of H-pyrrole nitrogens is 1. The lowest BCUT2D eigenvalue weighted by Gasteiger charge is -2.36. The summed E-state index contributed by atoms with van der Waals surface area (Å²) in [5, 5.41) is 14.1. The Labute approximate surface area is 282 Å². The van der Waals surface area contributed by atoms with Crippen LogP contribution in [0, 0.1) is 13.8 Å². The number of fused-ring (bicyclic) bond motifs is 1. The Balaban J connectivity index is 1.30. The Morgan fingerprint density at radius 2 is 1.71 bits per heavy atom. The van der Waals surface area contributed by atoms with E-state index in [9.17, 15) is 16.8 Å². The summed E-state index contributed by atoms with van der Waals surface area (Å²) in [6.07, 6.45) is 2.55. The van der Waals surface area contributed by atoms with Gasteiger partial charge in [0.15, 0.2) is 25.3 Å². The highest BCUT2D eigenvalue weighted by molar-refractivity contribution is 7.92. The lowest BCUT2D eigenvalue weighted by Crippen LogP contribution is -2.41. The molecule has 6 rings (SSSR count). The topological polar surface area (TPSA) is 159 Å². The molecule has 48 heavy (non-hydrogen) atoms. The van der Waals surface area contributed by atoms with E-state index in [2.05, 4.69) is 49.8 Å². The van der Waals surface area contributed by atoms with Crippen LogP contribution in [0.15, 0.2) is 41.3 Å². The Morgan fingerprint density at radius 3 is 2.38 bits per heavy atom. The smallest absolute Gasteiger partial charge is 0.231 e. The first kappa shape index (κ1) is 34.1. The molecule has 2 aromatic carbocycles. The van der Waals surface area contributed by atoms with Crippen molar-refractivity contribution in [2.24, 2.45) is 0 Å². The Bertz CT molecular complexity index is 2040. The minimum atomic E-state index is -3.57. The molecule has 0 amide bonds. The van der Waals surface area contributed by atoms with E-state index in [1.807, 2.05) is 20.8 Å². The van der Waals surface area contributed by atoms with E-state index in [1.165, 1.54) is 5.56 Å². The van der Waals surface area contributed by atoms with Gasteiger partial charge in [-0.25, -0.2) is 16.8 Å². The SMILES string of the molecule is Cc1cc(Nc2nc(Nc3ccccc3S(=O)(=O)C(C)C)c3c(C)[nH]nc3n2)c(OC(C)C)cc1C1CCN([C@@H]2CCS(=O)(=O)C2)CC1. The summed E-state index contributed by atoms with van der Waals surface area (Å²) in [5.74, 6) is 2.28. The van der Waals surface area contributed by atoms with E-state index in [0.29, 0.717) is 45.6 Å². The van der Waals surface area contributed by atoms with Gasteiger partial charge in [0.25, 0.3) is 0 Å². The van der Waals surface area contributed by atoms with Crippen molar-refractivity contribution in [1.29, 1.82) is 0 Å². The molecule has 4 aromatic rings.